The summed E-state index contributed by atoms with van der Waals surface area (Å²) in [7, 11) is 1.75. The molecule has 0 spiro atoms. The number of hydrogen-bond donors (Lipinski definition) is 1. The van der Waals surface area contributed by atoms with E-state index in [1.165, 1.54) is 18.3 Å². The number of ether oxygens (including phenoxy) is 1. The number of rotatable bonds is 4. The van der Waals surface area contributed by atoms with E-state index >= 15 is 0 Å². The molecule has 0 fully saturated rings. The highest BCUT2D eigenvalue weighted by molar-refractivity contribution is 6.29. The molecule has 2 aromatic rings. The number of aliphatic hydroxyl groups excluding tert-OH is 1. The van der Waals surface area contributed by atoms with E-state index in [1.54, 1.807) is 17.7 Å². The molecule has 0 atom stereocenters. The normalized spacial score (nSPS) is 10.7. The third-order valence-electron chi connectivity index (χ3n) is 2.56. The molecule has 0 radical (unpaired) electrons. The quantitative estimate of drug-likeness (QED) is 0.927. The molecule has 0 saturated heterocycles. The van der Waals surface area contributed by atoms with Crippen LogP contribution in [0.5, 0.6) is 5.75 Å². The van der Waals surface area contributed by atoms with Crippen LogP contribution in [-0.4, -0.2) is 14.7 Å². The van der Waals surface area contributed by atoms with E-state index in [1.807, 2.05) is 0 Å². The van der Waals surface area contributed by atoms with E-state index in [-0.39, 0.29) is 19.0 Å². The van der Waals surface area contributed by atoms with Gasteiger partial charge in [-0.05, 0) is 17.7 Å². The molecule has 0 amide bonds. The molecular weight excluding hydrogens is 259 g/mol. The number of benzene rings is 1. The van der Waals surface area contributed by atoms with E-state index in [4.69, 9.17) is 21.4 Å². The summed E-state index contributed by atoms with van der Waals surface area (Å²) in [5.74, 6) is 0.207. The van der Waals surface area contributed by atoms with Crippen LogP contribution in [0.15, 0.2) is 24.4 Å². The van der Waals surface area contributed by atoms with Crippen LogP contribution in [0.2, 0.25) is 5.15 Å². The summed E-state index contributed by atoms with van der Waals surface area (Å²) in [5, 5.41) is 9.35. The zero-order chi connectivity index (χ0) is 13.1. The highest BCUT2D eigenvalue weighted by Crippen LogP contribution is 2.20. The summed E-state index contributed by atoms with van der Waals surface area (Å²) in [5.41, 5.74) is 0.500. The number of halogens is 2. The van der Waals surface area contributed by atoms with Crippen LogP contribution in [-0.2, 0) is 20.3 Å². The largest absolute Gasteiger partial charge is 0.483 e. The van der Waals surface area contributed by atoms with Crippen LogP contribution >= 0.6 is 11.6 Å². The van der Waals surface area contributed by atoms with Crippen LogP contribution < -0.4 is 4.74 Å². The first-order valence-corrected chi connectivity index (χ1v) is 5.68. The lowest BCUT2D eigenvalue weighted by atomic mass is 10.2. The van der Waals surface area contributed by atoms with Gasteiger partial charge in [-0.3, -0.25) is 0 Å². The van der Waals surface area contributed by atoms with Crippen LogP contribution in [0.1, 0.15) is 11.4 Å². The first kappa shape index (κ1) is 12.9. The van der Waals surface area contributed by atoms with Gasteiger partial charge in [-0.25, -0.2) is 9.37 Å². The van der Waals surface area contributed by atoms with Crippen molar-refractivity contribution < 1.29 is 14.2 Å². The Morgan fingerprint density at radius 2 is 2.28 bits per heavy atom. The third kappa shape index (κ3) is 2.63. The summed E-state index contributed by atoms with van der Waals surface area (Å²) in [6.45, 7) is -0.0786. The highest BCUT2D eigenvalue weighted by Gasteiger charge is 2.08. The SMILES string of the molecule is Cn1c(Cl)cnc1COc1ccc(CO)cc1F. The summed E-state index contributed by atoms with van der Waals surface area (Å²) in [4.78, 5) is 4.04. The van der Waals surface area contributed by atoms with Crippen molar-refractivity contribution in [1.82, 2.24) is 9.55 Å². The van der Waals surface area contributed by atoms with Gasteiger partial charge in [0, 0.05) is 7.05 Å². The van der Waals surface area contributed by atoms with Gasteiger partial charge in [-0.1, -0.05) is 17.7 Å². The zero-order valence-electron chi connectivity index (χ0n) is 9.73. The fourth-order valence-electron chi connectivity index (χ4n) is 1.46. The summed E-state index contributed by atoms with van der Waals surface area (Å²) < 4.78 is 20.5. The molecule has 0 bridgehead atoms. The molecule has 18 heavy (non-hydrogen) atoms. The molecule has 1 aromatic heterocycles. The van der Waals surface area contributed by atoms with Gasteiger partial charge in [-0.2, -0.15) is 0 Å². The maximum absolute atomic E-state index is 13.6. The van der Waals surface area contributed by atoms with Gasteiger partial charge in [0.25, 0.3) is 0 Å². The van der Waals surface area contributed by atoms with Crippen molar-refractivity contribution in [2.24, 2.45) is 7.05 Å². The third-order valence-corrected chi connectivity index (χ3v) is 2.91. The molecular formula is C12H12ClFN2O2. The lowest BCUT2D eigenvalue weighted by molar-refractivity contribution is 0.271. The number of aliphatic hydroxyl groups is 1. The average Bonchev–Trinajstić information content (AvgIpc) is 2.68. The fraction of sp³-hybridized carbons (Fsp3) is 0.250. The Morgan fingerprint density at radius 3 is 2.83 bits per heavy atom. The smallest absolute Gasteiger partial charge is 0.165 e. The van der Waals surface area contributed by atoms with Gasteiger partial charge in [0.15, 0.2) is 11.6 Å². The minimum absolute atomic E-state index is 0.117. The first-order chi connectivity index (χ1) is 8.61. The Morgan fingerprint density at radius 1 is 1.50 bits per heavy atom. The molecule has 0 unspecified atom stereocenters. The van der Waals surface area contributed by atoms with Gasteiger partial charge in [0.1, 0.15) is 17.6 Å². The molecule has 0 saturated carbocycles. The van der Waals surface area contributed by atoms with E-state index in [2.05, 4.69) is 4.98 Å². The summed E-state index contributed by atoms with van der Waals surface area (Å²) >= 11 is 5.83. The lowest BCUT2D eigenvalue weighted by Crippen LogP contribution is -2.04. The van der Waals surface area contributed by atoms with E-state index < -0.39 is 5.82 Å². The highest BCUT2D eigenvalue weighted by atomic mass is 35.5. The molecule has 4 nitrogen and oxygen atoms in total. The molecule has 6 heteroatoms. The second-order valence-electron chi connectivity index (χ2n) is 3.77. The molecule has 1 heterocycles. The second kappa shape index (κ2) is 5.37. The molecule has 0 aliphatic rings. The van der Waals surface area contributed by atoms with Crippen molar-refractivity contribution in [3.8, 4) is 5.75 Å². The first-order valence-electron chi connectivity index (χ1n) is 5.30. The molecule has 0 aliphatic carbocycles. The monoisotopic (exact) mass is 270 g/mol. The van der Waals surface area contributed by atoms with Crippen LogP contribution in [0.4, 0.5) is 4.39 Å². The van der Waals surface area contributed by atoms with Gasteiger partial charge in [0.2, 0.25) is 0 Å². The Balaban J connectivity index is 2.08. The van der Waals surface area contributed by atoms with Crippen molar-refractivity contribution in [3.05, 3.63) is 46.8 Å². The van der Waals surface area contributed by atoms with Gasteiger partial charge < -0.3 is 14.4 Å². The van der Waals surface area contributed by atoms with E-state index in [0.29, 0.717) is 16.5 Å². The van der Waals surface area contributed by atoms with Crippen molar-refractivity contribution in [1.29, 1.82) is 0 Å². The number of aromatic nitrogens is 2. The van der Waals surface area contributed by atoms with Crippen LogP contribution in [0, 0.1) is 5.82 Å². The molecule has 0 aliphatic heterocycles. The van der Waals surface area contributed by atoms with Gasteiger partial charge in [-0.15, -0.1) is 0 Å². The topological polar surface area (TPSA) is 47.3 Å². The predicted molar refractivity (Wildman–Crippen MR) is 64.9 cm³/mol. The minimum atomic E-state index is -0.512. The van der Waals surface area contributed by atoms with E-state index in [0.717, 1.165) is 0 Å². The van der Waals surface area contributed by atoms with E-state index in [9.17, 15) is 4.39 Å². The maximum atomic E-state index is 13.6. The Kier molecular flexibility index (Phi) is 3.84. The Labute approximate surface area is 109 Å². The Bertz CT molecular complexity index is 557. The van der Waals surface area contributed by atoms with Crippen LogP contribution in [0.25, 0.3) is 0 Å². The predicted octanol–water partition coefficient (Wildman–Crippen LogP) is 2.28. The number of imidazole rings is 1. The average molecular weight is 271 g/mol. The molecule has 1 N–H and O–H groups in total. The Hall–Kier alpha value is -1.59. The van der Waals surface area contributed by atoms with Crippen molar-refractivity contribution in [2.45, 2.75) is 13.2 Å². The second-order valence-corrected chi connectivity index (χ2v) is 4.15. The van der Waals surface area contributed by atoms with Crippen molar-refractivity contribution >= 4 is 11.6 Å². The van der Waals surface area contributed by atoms with Crippen LogP contribution in [0.3, 0.4) is 0 Å². The van der Waals surface area contributed by atoms with Crippen molar-refractivity contribution in [2.75, 3.05) is 0 Å². The number of hydrogen-bond acceptors (Lipinski definition) is 3. The minimum Gasteiger partial charge on any atom is -0.483 e. The zero-order valence-corrected chi connectivity index (χ0v) is 10.5. The molecule has 1 aromatic carbocycles. The van der Waals surface area contributed by atoms with Crippen molar-refractivity contribution in [3.63, 3.8) is 0 Å². The fourth-order valence-corrected chi connectivity index (χ4v) is 1.61. The van der Waals surface area contributed by atoms with Gasteiger partial charge in [0.05, 0.1) is 12.8 Å². The maximum Gasteiger partial charge on any atom is 0.165 e. The number of nitrogens with zero attached hydrogens (tertiary/aromatic N) is 2. The lowest BCUT2D eigenvalue weighted by Gasteiger charge is -2.08. The van der Waals surface area contributed by atoms with Gasteiger partial charge >= 0.3 is 0 Å². The standard InChI is InChI=1S/C12H12ClFN2O2/c1-16-11(13)5-15-12(16)7-18-10-3-2-8(6-17)4-9(10)14/h2-5,17H,6-7H2,1H3. The molecule has 2 rings (SSSR count). The summed E-state index contributed by atoms with van der Waals surface area (Å²) in [6, 6.07) is 4.32. The molecule has 96 valence electrons. The summed E-state index contributed by atoms with van der Waals surface area (Å²) in [6.07, 6.45) is 1.51.